The van der Waals surface area contributed by atoms with Crippen LogP contribution in [0, 0.1) is 17.0 Å². The zero-order chi connectivity index (χ0) is 20.3. The third kappa shape index (κ3) is 3.75. The Bertz CT molecular complexity index is 1090. The van der Waals surface area contributed by atoms with E-state index < -0.39 is 4.92 Å². The van der Waals surface area contributed by atoms with E-state index in [1.807, 2.05) is 26.0 Å². The number of non-ortho nitro benzene ring substituents is 1. The summed E-state index contributed by atoms with van der Waals surface area (Å²) in [6.45, 7) is 5.73. The zero-order valence-electron chi connectivity index (χ0n) is 16.0. The van der Waals surface area contributed by atoms with Crippen LogP contribution in [-0.2, 0) is 6.42 Å². The van der Waals surface area contributed by atoms with Crippen LogP contribution in [0.1, 0.15) is 37.1 Å². The van der Waals surface area contributed by atoms with Crippen LogP contribution < -0.4 is 5.56 Å². The normalized spacial score (nSPS) is 11.6. The Hall–Kier alpha value is -3.55. The number of pyridine rings is 1. The first kappa shape index (κ1) is 19.2. The first-order valence-corrected chi connectivity index (χ1v) is 8.98. The van der Waals surface area contributed by atoms with Crippen LogP contribution in [0.5, 0.6) is 0 Å². The maximum atomic E-state index is 13.1. The topological polar surface area (TPSA) is 106 Å². The number of aliphatic imine (C=N–C) groups is 1. The molecule has 0 radical (unpaired) electrons. The van der Waals surface area contributed by atoms with Gasteiger partial charge in [-0.15, -0.1) is 0 Å². The number of H-pyrrole nitrogens is 1. The summed E-state index contributed by atoms with van der Waals surface area (Å²) in [5.74, 6) is 0.574. The highest BCUT2D eigenvalue weighted by Gasteiger charge is 2.18. The van der Waals surface area contributed by atoms with Gasteiger partial charge in [-0.05, 0) is 44.0 Å². The van der Waals surface area contributed by atoms with E-state index in [9.17, 15) is 14.9 Å². The van der Waals surface area contributed by atoms with Gasteiger partial charge in [0.15, 0.2) is 5.82 Å². The quantitative estimate of drug-likeness (QED) is 0.398. The summed E-state index contributed by atoms with van der Waals surface area (Å²) in [6, 6.07) is 9.60. The molecule has 8 nitrogen and oxygen atoms in total. The van der Waals surface area contributed by atoms with Gasteiger partial charge >= 0.3 is 0 Å². The van der Waals surface area contributed by atoms with E-state index in [1.165, 1.54) is 16.8 Å². The Labute approximate surface area is 161 Å². The molecule has 0 amide bonds. The van der Waals surface area contributed by atoms with E-state index in [-0.39, 0.29) is 11.2 Å². The lowest BCUT2D eigenvalue weighted by molar-refractivity contribution is -0.384. The molecule has 3 rings (SSSR count). The third-order valence-electron chi connectivity index (χ3n) is 4.40. The second-order valence-electron chi connectivity index (χ2n) is 6.47. The molecule has 1 N–H and O–H groups in total. The summed E-state index contributed by atoms with van der Waals surface area (Å²) in [4.78, 5) is 32.3. The minimum atomic E-state index is -0.471. The molecule has 28 heavy (non-hydrogen) atoms. The number of aromatic nitrogens is 3. The fourth-order valence-electron chi connectivity index (χ4n) is 3.00. The molecule has 2 aromatic heterocycles. The first-order valence-electron chi connectivity index (χ1n) is 8.98. The lowest BCUT2D eigenvalue weighted by atomic mass is 10.1. The minimum Gasteiger partial charge on any atom is -0.294 e. The third-order valence-corrected chi connectivity index (χ3v) is 4.40. The highest BCUT2D eigenvalue weighted by atomic mass is 16.6. The number of rotatable bonds is 6. The lowest BCUT2D eigenvalue weighted by Crippen LogP contribution is -2.19. The van der Waals surface area contributed by atoms with Crippen molar-refractivity contribution in [2.45, 2.75) is 33.6 Å². The maximum absolute atomic E-state index is 13.1. The molecule has 0 aliphatic rings. The average Bonchev–Trinajstić information content (AvgIpc) is 3.00. The van der Waals surface area contributed by atoms with Gasteiger partial charge in [-0.1, -0.05) is 19.4 Å². The highest BCUT2D eigenvalue weighted by Crippen LogP contribution is 2.18. The Morgan fingerprint density at radius 2 is 2.00 bits per heavy atom. The van der Waals surface area contributed by atoms with Crippen LogP contribution in [0.25, 0.3) is 5.69 Å². The maximum Gasteiger partial charge on any atom is 0.280 e. The molecular weight excluding hydrogens is 358 g/mol. The van der Waals surface area contributed by atoms with Crippen molar-refractivity contribution >= 4 is 17.2 Å². The predicted molar refractivity (Wildman–Crippen MR) is 108 cm³/mol. The number of aryl methyl sites for hydroxylation is 2. The van der Waals surface area contributed by atoms with E-state index in [0.717, 1.165) is 17.7 Å². The molecule has 0 aliphatic carbocycles. The van der Waals surface area contributed by atoms with Crippen molar-refractivity contribution in [3.8, 4) is 5.69 Å². The lowest BCUT2D eigenvalue weighted by Gasteiger charge is -2.02. The number of nitro groups is 1. The predicted octanol–water partition coefficient (Wildman–Crippen LogP) is 3.87. The van der Waals surface area contributed by atoms with Crippen LogP contribution in [0.15, 0.2) is 52.4 Å². The Balaban J connectivity index is 2.10. The Kier molecular flexibility index (Phi) is 5.49. The van der Waals surface area contributed by atoms with Crippen molar-refractivity contribution in [2.75, 3.05) is 0 Å². The van der Waals surface area contributed by atoms with Gasteiger partial charge in [0.25, 0.3) is 11.2 Å². The molecule has 0 saturated heterocycles. The van der Waals surface area contributed by atoms with Crippen LogP contribution in [0.4, 0.5) is 11.5 Å². The van der Waals surface area contributed by atoms with E-state index in [2.05, 4.69) is 15.1 Å². The Morgan fingerprint density at radius 3 is 2.61 bits per heavy atom. The minimum absolute atomic E-state index is 0.0271. The zero-order valence-corrected chi connectivity index (χ0v) is 16.0. The van der Waals surface area contributed by atoms with Crippen molar-refractivity contribution in [3.63, 3.8) is 0 Å². The number of nitro benzene ring substituents is 1. The van der Waals surface area contributed by atoms with Crippen molar-refractivity contribution in [2.24, 2.45) is 4.99 Å². The van der Waals surface area contributed by atoms with E-state index in [4.69, 9.17) is 0 Å². The average molecular weight is 379 g/mol. The molecule has 144 valence electrons. The van der Waals surface area contributed by atoms with Gasteiger partial charge in [0.2, 0.25) is 0 Å². The molecule has 0 unspecified atom stereocenters. The van der Waals surface area contributed by atoms with Gasteiger partial charge in [-0.2, -0.15) is 0 Å². The number of aromatic amines is 1. The summed E-state index contributed by atoms with van der Waals surface area (Å²) in [5.41, 5.74) is 3.04. The smallest absolute Gasteiger partial charge is 0.280 e. The second kappa shape index (κ2) is 7.99. The summed E-state index contributed by atoms with van der Waals surface area (Å²) >= 11 is 0. The van der Waals surface area contributed by atoms with E-state index >= 15 is 0 Å². The standard InChI is InChI=1S/C20H21N5O3/c1-4-6-17-18(14(3)22-19-13(2)7-5-12-21-19)20(26)24(23-17)15-8-10-16(11-9-15)25(27)28/h5,7-12,23H,4,6H2,1-3H3. The fourth-order valence-corrected chi connectivity index (χ4v) is 3.00. The van der Waals surface area contributed by atoms with Crippen molar-refractivity contribution in [1.82, 2.24) is 14.8 Å². The van der Waals surface area contributed by atoms with Gasteiger partial charge < -0.3 is 0 Å². The van der Waals surface area contributed by atoms with E-state index in [1.54, 1.807) is 25.3 Å². The molecule has 1 aromatic carbocycles. The molecule has 0 spiro atoms. The fraction of sp³-hybridized carbons (Fsp3) is 0.250. The Morgan fingerprint density at radius 1 is 1.29 bits per heavy atom. The van der Waals surface area contributed by atoms with Crippen LogP contribution >= 0.6 is 0 Å². The molecule has 0 saturated carbocycles. The SMILES string of the molecule is CCCc1[nH]n(-c2ccc([N+](=O)[O-])cc2)c(=O)c1C(C)=Nc1ncccc1C. The van der Waals surface area contributed by atoms with Gasteiger partial charge in [0, 0.05) is 24.0 Å². The van der Waals surface area contributed by atoms with Gasteiger partial charge in [-0.3, -0.25) is 20.0 Å². The first-order chi connectivity index (χ1) is 13.4. The van der Waals surface area contributed by atoms with Gasteiger partial charge in [0.1, 0.15) is 0 Å². The van der Waals surface area contributed by atoms with Gasteiger partial charge in [-0.25, -0.2) is 14.7 Å². The van der Waals surface area contributed by atoms with Crippen molar-refractivity contribution < 1.29 is 4.92 Å². The number of nitrogens with zero attached hydrogens (tertiary/aromatic N) is 4. The number of benzene rings is 1. The number of hydrogen-bond donors (Lipinski definition) is 1. The molecule has 0 bridgehead atoms. The molecule has 2 heterocycles. The van der Waals surface area contributed by atoms with Gasteiger partial charge in [0.05, 0.1) is 21.9 Å². The summed E-state index contributed by atoms with van der Waals surface area (Å²) < 4.78 is 1.40. The van der Waals surface area contributed by atoms with Crippen LogP contribution in [0.3, 0.4) is 0 Å². The summed E-state index contributed by atoms with van der Waals surface area (Å²) in [6.07, 6.45) is 3.19. The summed E-state index contributed by atoms with van der Waals surface area (Å²) in [5, 5.41) is 14.0. The van der Waals surface area contributed by atoms with E-state index in [0.29, 0.717) is 29.2 Å². The van der Waals surface area contributed by atoms with Crippen molar-refractivity contribution in [3.05, 3.63) is 79.9 Å². The van der Waals surface area contributed by atoms with Crippen molar-refractivity contribution in [1.29, 1.82) is 0 Å². The second-order valence-corrected chi connectivity index (χ2v) is 6.47. The number of nitrogens with one attached hydrogen (secondary N) is 1. The van der Waals surface area contributed by atoms with Crippen LogP contribution in [-0.4, -0.2) is 25.4 Å². The molecular formula is C20H21N5O3. The highest BCUT2D eigenvalue weighted by molar-refractivity contribution is 6.01. The summed E-state index contributed by atoms with van der Waals surface area (Å²) in [7, 11) is 0. The van der Waals surface area contributed by atoms with Crippen LogP contribution in [0.2, 0.25) is 0 Å². The molecule has 0 atom stereocenters. The molecule has 8 heteroatoms. The molecule has 3 aromatic rings. The number of hydrogen-bond acceptors (Lipinski definition) is 5. The largest absolute Gasteiger partial charge is 0.294 e. The monoisotopic (exact) mass is 379 g/mol. The molecule has 0 aliphatic heterocycles. The molecule has 0 fully saturated rings.